The zero-order valence-electron chi connectivity index (χ0n) is 13.6. The van der Waals surface area contributed by atoms with E-state index in [1.807, 2.05) is 6.07 Å². The van der Waals surface area contributed by atoms with Crippen LogP contribution in [0.4, 0.5) is 0 Å². The molecule has 8 heteroatoms. The molecule has 3 aromatic rings. The third-order valence-electron chi connectivity index (χ3n) is 3.88. The van der Waals surface area contributed by atoms with Gasteiger partial charge < -0.3 is 9.88 Å². The summed E-state index contributed by atoms with van der Waals surface area (Å²) in [7, 11) is 0. The molecule has 1 amide bonds. The van der Waals surface area contributed by atoms with Crippen molar-refractivity contribution in [2.75, 3.05) is 0 Å². The molecule has 0 fully saturated rings. The van der Waals surface area contributed by atoms with E-state index in [0.717, 1.165) is 0 Å². The fourth-order valence-corrected chi connectivity index (χ4v) is 3.37. The largest absolute Gasteiger partial charge is 0.334 e. The quantitative estimate of drug-likeness (QED) is 0.540. The number of aromatic nitrogens is 1. The number of halogens is 4. The molecular weight excluding hydrogens is 428 g/mol. The number of rotatable bonds is 4. The number of nitrogens with zero attached hydrogens (tertiary/aromatic N) is 2. The van der Waals surface area contributed by atoms with Crippen LogP contribution in [0.1, 0.15) is 15.9 Å². The number of nitrogens with one attached hydrogen (secondary N) is 1. The molecule has 1 N–H and O–H groups in total. The number of hydrogen-bond acceptors (Lipinski definition) is 2. The Balaban J connectivity index is 2.01. The molecule has 0 aliphatic rings. The minimum atomic E-state index is -0.282. The molecule has 136 valence electrons. The maximum atomic E-state index is 12.3. The van der Waals surface area contributed by atoms with Crippen molar-refractivity contribution in [3.8, 4) is 17.3 Å². The second-order valence-corrected chi connectivity index (χ2v) is 7.08. The molecule has 4 nitrogen and oxygen atoms in total. The summed E-state index contributed by atoms with van der Waals surface area (Å²) in [4.78, 5) is 12.3. The van der Waals surface area contributed by atoms with E-state index >= 15 is 0 Å². The first kappa shape index (κ1) is 19.6. The van der Waals surface area contributed by atoms with Crippen LogP contribution in [0.3, 0.4) is 0 Å². The normalized spacial score (nSPS) is 10.5. The first-order valence-corrected chi connectivity index (χ1v) is 9.21. The third kappa shape index (κ3) is 3.92. The molecule has 0 aliphatic carbocycles. The van der Waals surface area contributed by atoms with Crippen LogP contribution in [0.15, 0.2) is 48.5 Å². The number of hydrogen-bond donors (Lipinski definition) is 1. The van der Waals surface area contributed by atoms with Gasteiger partial charge in [-0.2, -0.15) is 5.26 Å². The third-order valence-corrected chi connectivity index (χ3v) is 5.48. The summed E-state index contributed by atoms with van der Waals surface area (Å²) < 4.78 is 1.54. The van der Waals surface area contributed by atoms with E-state index in [4.69, 9.17) is 46.4 Å². The summed E-state index contributed by atoms with van der Waals surface area (Å²) in [5.41, 5.74) is 1.74. The predicted molar refractivity (Wildman–Crippen MR) is 109 cm³/mol. The maximum Gasteiger partial charge on any atom is 0.252 e. The number of amides is 1. The Morgan fingerprint density at radius 3 is 2.37 bits per heavy atom. The van der Waals surface area contributed by atoms with Crippen LogP contribution in [-0.2, 0) is 6.67 Å². The molecule has 1 heterocycles. The SMILES string of the molecule is N#Cc1c(Cl)c(Cl)n(CNC(=O)c2ccccc2)c1-c1ccc(Cl)c(Cl)c1. The predicted octanol–water partition coefficient (Wildman–Crippen LogP) is 6.03. The molecule has 0 unspecified atom stereocenters. The lowest BCUT2D eigenvalue weighted by atomic mass is 10.1. The average Bonchev–Trinajstić information content (AvgIpc) is 2.93. The molecule has 0 bridgehead atoms. The lowest BCUT2D eigenvalue weighted by Crippen LogP contribution is -2.26. The van der Waals surface area contributed by atoms with Crippen molar-refractivity contribution in [3.63, 3.8) is 0 Å². The van der Waals surface area contributed by atoms with Crippen molar-refractivity contribution >= 4 is 52.3 Å². The van der Waals surface area contributed by atoms with Gasteiger partial charge in [-0.1, -0.05) is 70.7 Å². The second-order valence-electron chi connectivity index (χ2n) is 5.53. The van der Waals surface area contributed by atoms with E-state index in [0.29, 0.717) is 26.9 Å². The van der Waals surface area contributed by atoms with Gasteiger partial charge in [0.2, 0.25) is 0 Å². The summed E-state index contributed by atoms with van der Waals surface area (Å²) in [6.07, 6.45) is 0. The number of nitriles is 1. The second kappa shape index (κ2) is 8.24. The van der Waals surface area contributed by atoms with E-state index in [1.54, 1.807) is 47.0 Å². The van der Waals surface area contributed by atoms with Crippen molar-refractivity contribution in [1.29, 1.82) is 5.26 Å². The van der Waals surface area contributed by atoms with Crippen LogP contribution in [0.2, 0.25) is 20.2 Å². The van der Waals surface area contributed by atoms with Gasteiger partial charge in [0.1, 0.15) is 11.2 Å². The number of carbonyl (C=O) groups excluding carboxylic acids is 1. The van der Waals surface area contributed by atoms with E-state index < -0.39 is 0 Å². The lowest BCUT2D eigenvalue weighted by molar-refractivity contribution is 0.0942. The average molecular weight is 439 g/mol. The topological polar surface area (TPSA) is 57.8 Å². The molecule has 27 heavy (non-hydrogen) atoms. The smallest absolute Gasteiger partial charge is 0.252 e. The van der Waals surface area contributed by atoms with Crippen LogP contribution in [0, 0.1) is 11.3 Å². The summed E-state index contributed by atoms with van der Waals surface area (Å²) in [5, 5.41) is 13.2. The fraction of sp³-hybridized carbons (Fsp3) is 0.0526. The zero-order valence-corrected chi connectivity index (χ0v) is 16.7. The van der Waals surface area contributed by atoms with Crippen LogP contribution in [-0.4, -0.2) is 10.5 Å². The first-order chi connectivity index (χ1) is 12.9. The van der Waals surface area contributed by atoms with Crippen LogP contribution in [0.25, 0.3) is 11.3 Å². The van der Waals surface area contributed by atoms with Crippen LogP contribution in [0.5, 0.6) is 0 Å². The Bertz CT molecular complexity index is 1060. The van der Waals surface area contributed by atoms with Gasteiger partial charge in [0, 0.05) is 11.1 Å². The molecule has 3 rings (SSSR count). The van der Waals surface area contributed by atoms with Gasteiger partial charge >= 0.3 is 0 Å². The highest BCUT2D eigenvalue weighted by Gasteiger charge is 2.22. The van der Waals surface area contributed by atoms with Crippen molar-refractivity contribution in [3.05, 3.63) is 79.9 Å². The Morgan fingerprint density at radius 2 is 1.74 bits per heavy atom. The molecule has 2 aromatic carbocycles. The highest BCUT2D eigenvalue weighted by molar-refractivity contribution is 6.43. The summed E-state index contributed by atoms with van der Waals surface area (Å²) in [6.45, 7) is 0.0174. The van der Waals surface area contributed by atoms with Gasteiger partial charge in [-0.05, 0) is 24.3 Å². The summed E-state index contributed by atoms with van der Waals surface area (Å²) in [6, 6.07) is 15.7. The number of carbonyl (C=O) groups is 1. The summed E-state index contributed by atoms with van der Waals surface area (Å²) >= 11 is 24.6. The summed E-state index contributed by atoms with van der Waals surface area (Å²) in [5.74, 6) is -0.282. The first-order valence-electron chi connectivity index (χ1n) is 7.70. The van der Waals surface area contributed by atoms with Gasteiger partial charge in [-0.25, -0.2) is 0 Å². The molecule has 0 radical (unpaired) electrons. The van der Waals surface area contributed by atoms with Gasteiger partial charge in [0.05, 0.1) is 33.0 Å². The minimum absolute atomic E-state index is 0.0174. The monoisotopic (exact) mass is 437 g/mol. The Morgan fingerprint density at radius 1 is 1.04 bits per heavy atom. The standard InChI is InChI=1S/C19H11Cl4N3O/c20-14-7-6-12(8-15(14)21)17-13(9-24)16(22)18(23)26(17)10-25-19(27)11-4-2-1-3-5-11/h1-8H,10H2,(H,25,27). The van der Waals surface area contributed by atoms with Crippen LogP contribution < -0.4 is 5.32 Å². The fourth-order valence-electron chi connectivity index (χ4n) is 2.60. The molecular formula is C19H11Cl4N3O. The van der Waals surface area contributed by atoms with Gasteiger partial charge in [0.15, 0.2) is 0 Å². The Labute approximate surface area is 175 Å². The van der Waals surface area contributed by atoms with E-state index in [1.165, 1.54) is 0 Å². The highest BCUT2D eigenvalue weighted by atomic mass is 35.5. The zero-order chi connectivity index (χ0) is 19.6. The van der Waals surface area contributed by atoms with E-state index in [-0.39, 0.29) is 28.3 Å². The molecule has 0 aliphatic heterocycles. The molecule has 0 spiro atoms. The molecule has 0 atom stereocenters. The molecule has 0 saturated heterocycles. The van der Waals surface area contributed by atoms with Gasteiger partial charge in [-0.3, -0.25) is 4.79 Å². The minimum Gasteiger partial charge on any atom is -0.334 e. The van der Waals surface area contributed by atoms with E-state index in [9.17, 15) is 10.1 Å². The Kier molecular flexibility index (Phi) is 5.98. The Hall–Kier alpha value is -2.16. The van der Waals surface area contributed by atoms with Crippen molar-refractivity contribution in [2.45, 2.75) is 6.67 Å². The van der Waals surface area contributed by atoms with Crippen molar-refractivity contribution in [1.82, 2.24) is 9.88 Å². The van der Waals surface area contributed by atoms with Crippen LogP contribution >= 0.6 is 46.4 Å². The molecule has 0 saturated carbocycles. The van der Waals surface area contributed by atoms with Crippen molar-refractivity contribution < 1.29 is 4.79 Å². The number of benzene rings is 2. The highest BCUT2D eigenvalue weighted by Crippen LogP contribution is 2.39. The lowest BCUT2D eigenvalue weighted by Gasteiger charge is -2.13. The van der Waals surface area contributed by atoms with Gasteiger partial charge in [-0.15, -0.1) is 0 Å². The van der Waals surface area contributed by atoms with E-state index in [2.05, 4.69) is 11.4 Å². The van der Waals surface area contributed by atoms with Gasteiger partial charge in [0.25, 0.3) is 5.91 Å². The maximum absolute atomic E-state index is 12.3. The van der Waals surface area contributed by atoms with Crippen molar-refractivity contribution in [2.24, 2.45) is 0 Å². The molecule has 1 aromatic heterocycles.